The van der Waals surface area contributed by atoms with Crippen molar-refractivity contribution in [2.75, 3.05) is 0 Å². The Morgan fingerprint density at radius 2 is 1.42 bits per heavy atom. The van der Waals surface area contributed by atoms with Gasteiger partial charge in [-0.3, -0.25) is 0 Å². The van der Waals surface area contributed by atoms with Crippen molar-refractivity contribution < 1.29 is 12.4 Å². The van der Waals surface area contributed by atoms with Crippen molar-refractivity contribution in [1.29, 1.82) is 5.39 Å². The number of aryl methyl sites for hydroxylation is 1. The monoisotopic (exact) mass is 270 g/mol. The van der Waals surface area contributed by atoms with Crippen LogP contribution in [0.25, 0.3) is 26.9 Å². The highest BCUT2D eigenvalue weighted by Gasteiger charge is 2.08. The maximum absolute atomic E-state index is 8.76. The van der Waals surface area contributed by atoms with Gasteiger partial charge in [-0.25, -0.2) is 0 Å². The van der Waals surface area contributed by atoms with E-state index in [0.29, 0.717) is 5.36 Å². The van der Waals surface area contributed by atoms with E-state index in [4.69, 9.17) is 5.39 Å². The molecule has 0 atom stereocenters. The molecule has 1 aromatic heterocycles. The van der Waals surface area contributed by atoms with Crippen LogP contribution in [-0.2, 0) is 7.05 Å². The van der Waals surface area contributed by atoms with Gasteiger partial charge in [0.15, 0.2) is 10.5 Å². The van der Waals surface area contributed by atoms with Crippen molar-refractivity contribution in [2.24, 2.45) is 12.1 Å². The molecular formula is C14H11ClN4. The topological polar surface area (TPSA) is 45.4 Å². The number of halogens is 1. The predicted octanol–water partition coefficient (Wildman–Crippen LogP) is 0.00428. The minimum absolute atomic E-state index is 0. The summed E-state index contributed by atoms with van der Waals surface area (Å²) < 4.78 is 2.11. The van der Waals surface area contributed by atoms with Crippen molar-refractivity contribution in [2.45, 2.75) is 0 Å². The molecule has 0 spiro atoms. The van der Waals surface area contributed by atoms with Gasteiger partial charge in [-0.05, 0) is 12.1 Å². The van der Waals surface area contributed by atoms with Crippen molar-refractivity contribution in [3.63, 3.8) is 0 Å². The lowest BCUT2D eigenvalue weighted by Gasteiger charge is -2.09. The smallest absolute Gasteiger partial charge is 0.339 e. The van der Waals surface area contributed by atoms with Gasteiger partial charge in [-0.1, -0.05) is 36.4 Å². The number of rotatable bonds is 0. The fourth-order valence-electron chi connectivity index (χ4n) is 2.36. The maximum Gasteiger partial charge on any atom is 0.339 e. The Morgan fingerprint density at radius 3 is 1.89 bits per heavy atom. The Morgan fingerprint density at radius 1 is 0.947 bits per heavy atom. The van der Waals surface area contributed by atoms with Crippen LogP contribution < -0.4 is 17.8 Å². The number of pyridine rings is 1. The number of hydrogen-bond donors (Lipinski definition) is 0. The van der Waals surface area contributed by atoms with Gasteiger partial charge in [0.2, 0.25) is 0 Å². The van der Waals surface area contributed by atoms with E-state index < -0.39 is 0 Å². The van der Waals surface area contributed by atoms with Gasteiger partial charge in [0.05, 0.1) is 11.0 Å². The van der Waals surface area contributed by atoms with Crippen LogP contribution in [0.1, 0.15) is 0 Å². The molecule has 0 radical (unpaired) electrons. The summed E-state index contributed by atoms with van der Waals surface area (Å²) in [6.07, 6.45) is 0. The summed E-state index contributed by atoms with van der Waals surface area (Å²) in [6.45, 7) is 0. The van der Waals surface area contributed by atoms with E-state index in [9.17, 15) is 0 Å². The van der Waals surface area contributed by atoms with Gasteiger partial charge in [-0.15, -0.1) is 0 Å². The molecule has 0 saturated carbocycles. The molecule has 3 rings (SSSR count). The van der Waals surface area contributed by atoms with E-state index in [1.807, 2.05) is 55.6 Å². The molecule has 4 nitrogen and oxygen atoms in total. The number of aromatic nitrogens is 1. The molecule has 0 fully saturated rings. The first-order chi connectivity index (χ1) is 8.83. The maximum atomic E-state index is 8.76. The Kier molecular flexibility index (Phi) is 3.50. The molecule has 1 heterocycles. The molecule has 2 aromatic carbocycles. The highest BCUT2D eigenvalue weighted by Crippen LogP contribution is 2.17. The standard InChI is InChI=1S/C14H11N4.ClH/c1-18-12-8-4-2-6-10(12)14(16-17-15)11-7-3-5-9-13(11)18;/h2-9H,1H3;1H/q+1;/p-1. The zero-order valence-electron chi connectivity index (χ0n) is 10.3. The van der Waals surface area contributed by atoms with E-state index in [2.05, 4.69) is 14.8 Å². The average molecular weight is 271 g/mol. The van der Waals surface area contributed by atoms with Gasteiger partial charge in [-0.2, -0.15) is 0 Å². The molecular weight excluding hydrogens is 260 g/mol. The summed E-state index contributed by atoms with van der Waals surface area (Å²) in [5.41, 5.74) is 2.11. The van der Waals surface area contributed by atoms with Crippen LogP contribution in [0, 0.1) is 5.39 Å². The van der Waals surface area contributed by atoms with Crippen molar-refractivity contribution in [3.8, 4) is 0 Å². The summed E-state index contributed by atoms with van der Waals surface area (Å²) in [7, 11) is 2.02. The predicted molar refractivity (Wildman–Crippen MR) is 71.1 cm³/mol. The molecule has 0 aliphatic heterocycles. The second kappa shape index (κ2) is 5.09. The Labute approximate surface area is 116 Å². The second-order valence-corrected chi connectivity index (χ2v) is 4.13. The second-order valence-electron chi connectivity index (χ2n) is 4.13. The van der Waals surface area contributed by atoms with Crippen LogP contribution in [0.4, 0.5) is 0 Å². The lowest BCUT2D eigenvalue weighted by atomic mass is 10.1. The summed E-state index contributed by atoms with van der Waals surface area (Å²) in [6, 6.07) is 15.9. The summed E-state index contributed by atoms with van der Waals surface area (Å²) >= 11 is 0. The van der Waals surface area contributed by atoms with Crippen LogP contribution in [-0.4, -0.2) is 4.57 Å². The molecule has 19 heavy (non-hydrogen) atoms. The normalized spacial score (nSPS) is 9.89. The number of hydrogen-bond acceptors (Lipinski definition) is 2. The van der Waals surface area contributed by atoms with Gasteiger partial charge >= 0.3 is 5.08 Å². The summed E-state index contributed by atoms with van der Waals surface area (Å²) in [5.74, 6) is 0. The van der Waals surface area contributed by atoms with Crippen LogP contribution in [0.15, 0.2) is 53.6 Å². The lowest BCUT2D eigenvalue weighted by Crippen LogP contribution is -3.00. The van der Waals surface area contributed by atoms with Crippen molar-refractivity contribution in [1.82, 2.24) is 4.57 Å². The molecule has 0 aliphatic carbocycles. The third-order valence-corrected chi connectivity index (χ3v) is 3.19. The molecule has 5 heteroatoms. The van der Waals surface area contributed by atoms with Crippen molar-refractivity contribution in [3.05, 3.63) is 59.0 Å². The van der Waals surface area contributed by atoms with Crippen molar-refractivity contribution >= 4 is 21.8 Å². The molecule has 0 amide bonds. The number of para-hydroxylation sites is 2. The summed E-state index contributed by atoms with van der Waals surface area (Å²) in [5, 5.41) is 18.2. The molecule has 0 saturated heterocycles. The van der Waals surface area contributed by atoms with Gasteiger partial charge < -0.3 is 17.0 Å². The SMILES string of the molecule is Cn1c2ccccc2c(=N[N+]#N)c2ccccc21.[Cl-]. The molecule has 3 aromatic rings. The number of fused-ring (bicyclic) bond motifs is 2. The van der Waals surface area contributed by atoms with Crippen LogP contribution >= 0.6 is 0 Å². The number of benzene rings is 2. The number of nitrogens with zero attached hydrogens (tertiary/aromatic N) is 4. The van der Waals surface area contributed by atoms with Crippen LogP contribution in [0.3, 0.4) is 0 Å². The first-order valence-electron chi connectivity index (χ1n) is 5.67. The minimum atomic E-state index is 0. The fraction of sp³-hybridized carbons (Fsp3) is 0.0714. The molecule has 0 bridgehead atoms. The first-order valence-corrected chi connectivity index (χ1v) is 5.67. The Balaban J connectivity index is 0.00000133. The zero-order chi connectivity index (χ0) is 12.5. The average Bonchev–Trinajstić information content (AvgIpc) is 2.43. The van der Waals surface area contributed by atoms with E-state index in [-0.39, 0.29) is 12.4 Å². The highest BCUT2D eigenvalue weighted by atomic mass is 35.5. The largest absolute Gasteiger partial charge is 1.00 e. The quantitative estimate of drug-likeness (QED) is 0.322. The molecule has 0 unspecified atom stereocenters. The first kappa shape index (κ1) is 13.1. The van der Waals surface area contributed by atoms with E-state index in [1.165, 1.54) is 0 Å². The van der Waals surface area contributed by atoms with Gasteiger partial charge in [0.25, 0.3) is 5.39 Å². The lowest BCUT2D eigenvalue weighted by molar-refractivity contribution is -0.00000385. The summed E-state index contributed by atoms with van der Waals surface area (Å²) in [4.78, 5) is 0. The molecule has 0 N–H and O–H groups in total. The third kappa shape index (κ3) is 1.94. The zero-order valence-corrected chi connectivity index (χ0v) is 11.0. The number of diazo groups is 1. The van der Waals surface area contributed by atoms with E-state index >= 15 is 0 Å². The van der Waals surface area contributed by atoms with E-state index in [0.717, 1.165) is 21.8 Å². The van der Waals surface area contributed by atoms with Gasteiger partial charge in [0.1, 0.15) is 0 Å². The van der Waals surface area contributed by atoms with E-state index in [1.54, 1.807) is 0 Å². The molecule has 94 valence electrons. The minimum Gasteiger partial charge on any atom is -1.00 e. The highest BCUT2D eigenvalue weighted by molar-refractivity contribution is 5.93. The Bertz CT molecular complexity index is 799. The molecule has 0 aliphatic rings. The van der Waals surface area contributed by atoms with Crippen LogP contribution in [0.5, 0.6) is 0 Å². The van der Waals surface area contributed by atoms with Gasteiger partial charge in [0, 0.05) is 17.8 Å². The Hall–Kier alpha value is -2.38. The fourth-order valence-corrected chi connectivity index (χ4v) is 2.36. The third-order valence-electron chi connectivity index (χ3n) is 3.19. The van der Waals surface area contributed by atoms with Crippen LogP contribution in [0.2, 0.25) is 0 Å².